The fourth-order valence-corrected chi connectivity index (χ4v) is 3.72. The molecule has 1 aliphatic rings. The van der Waals surface area contributed by atoms with E-state index in [4.69, 9.17) is 4.74 Å². The fourth-order valence-electron chi connectivity index (χ4n) is 2.11. The van der Waals surface area contributed by atoms with Crippen LogP contribution in [0.3, 0.4) is 0 Å². The topological polar surface area (TPSA) is 67.4 Å². The molecule has 2 N–H and O–H groups in total. The zero-order chi connectivity index (χ0) is 12.9. The smallest absolute Gasteiger partial charge is 0.214 e. The predicted octanol–water partition coefficient (Wildman–Crippen LogP) is 0.329. The first-order valence-electron chi connectivity index (χ1n) is 6.18. The number of hydrogen-bond donors (Lipinski definition) is 2. The van der Waals surface area contributed by atoms with Gasteiger partial charge in [-0.3, -0.25) is 0 Å². The molecule has 6 heteroatoms. The normalized spacial score (nSPS) is 25.5. The second-order valence-corrected chi connectivity index (χ2v) is 6.64. The Bertz CT molecular complexity index is 313. The Kier molecular flexibility index (Phi) is 5.85. The Morgan fingerprint density at radius 1 is 1.47 bits per heavy atom. The molecule has 0 aromatic carbocycles. The first-order valence-corrected chi connectivity index (χ1v) is 7.83. The summed E-state index contributed by atoms with van der Waals surface area (Å²) in [6.07, 6.45) is 1.92. The maximum atomic E-state index is 11.8. The molecule has 0 radical (unpaired) electrons. The molecule has 1 rings (SSSR count). The molecule has 0 amide bonds. The number of hydrogen-bond acceptors (Lipinski definition) is 4. The molecule has 0 aliphatic carbocycles. The molecule has 102 valence electrons. The Hall–Kier alpha value is -0.170. The first kappa shape index (κ1) is 14.9. The molecule has 5 nitrogen and oxygen atoms in total. The Labute approximate surface area is 104 Å². The summed E-state index contributed by atoms with van der Waals surface area (Å²) in [5, 5.41) is 3.29. The SMILES string of the molecule is COC(C)CS(=O)(=O)NC(C)C1CCCNC1. The van der Waals surface area contributed by atoms with Gasteiger partial charge in [-0.1, -0.05) is 0 Å². The van der Waals surface area contributed by atoms with E-state index >= 15 is 0 Å². The molecule has 1 saturated heterocycles. The predicted molar refractivity (Wildman–Crippen MR) is 68.4 cm³/mol. The molecular formula is C11H24N2O3S. The van der Waals surface area contributed by atoms with Gasteiger partial charge in [-0.05, 0) is 45.7 Å². The molecule has 0 aromatic rings. The molecule has 1 aliphatic heterocycles. The number of piperidine rings is 1. The van der Waals surface area contributed by atoms with Crippen LogP contribution in [0.25, 0.3) is 0 Å². The lowest BCUT2D eigenvalue weighted by molar-refractivity contribution is 0.136. The van der Waals surface area contributed by atoms with Crippen LogP contribution in [-0.4, -0.2) is 46.5 Å². The third-order valence-electron chi connectivity index (χ3n) is 3.26. The summed E-state index contributed by atoms with van der Waals surface area (Å²) in [7, 11) is -1.72. The Balaban J connectivity index is 2.45. The van der Waals surface area contributed by atoms with Crippen molar-refractivity contribution in [3.63, 3.8) is 0 Å². The first-order chi connectivity index (χ1) is 7.94. The third-order valence-corrected chi connectivity index (χ3v) is 4.90. The molecule has 3 unspecified atom stereocenters. The summed E-state index contributed by atoms with van der Waals surface area (Å²) < 4.78 is 31.4. The second kappa shape index (κ2) is 6.68. The van der Waals surface area contributed by atoms with Crippen molar-refractivity contribution in [2.45, 2.75) is 38.8 Å². The van der Waals surface area contributed by atoms with Gasteiger partial charge in [0.15, 0.2) is 0 Å². The van der Waals surface area contributed by atoms with Gasteiger partial charge < -0.3 is 10.1 Å². The summed E-state index contributed by atoms with van der Waals surface area (Å²) in [5.41, 5.74) is 0. The van der Waals surface area contributed by atoms with E-state index in [0.29, 0.717) is 5.92 Å². The maximum Gasteiger partial charge on any atom is 0.214 e. The van der Waals surface area contributed by atoms with Crippen molar-refractivity contribution in [2.75, 3.05) is 26.0 Å². The Morgan fingerprint density at radius 3 is 2.71 bits per heavy atom. The minimum absolute atomic E-state index is 0.0168. The van der Waals surface area contributed by atoms with E-state index in [-0.39, 0.29) is 17.9 Å². The molecule has 3 atom stereocenters. The molecule has 0 spiro atoms. The number of methoxy groups -OCH3 is 1. The van der Waals surface area contributed by atoms with E-state index in [1.807, 2.05) is 6.92 Å². The van der Waals surface area contributed by atoms with Gasteiger partial charge >= 0.3 is 0 Å². The second-order valence-electron chi connectivity index (χ2n) is 4.84. The lowest BCUT2D eigenvalue weighted by Gasteiger charge is -2.29. The van der Waals surface area contributed by atoms with Crippen molar-refractivity contribution in [1.29, 1.82) is 0 Å². The van der Waals surface area contributed by atoms with Gasteiger partial charge in [0.25, 0.3) is 0 Å². The van der Waals surface area contributed by atoms with Crippen molar-refractivity contribution in [1.82, 2.24) is 10.0 Å². The highest BCUT2D eigenvalue weighted by Gasteiger charge is 2.24. The number of sulfonamides is 1. The molecule has 0 bridgehead atoms. The summed E-state index contributed by atoms with van der Waals surface area (Å²) in [5.74, 6) is 0.407. The van der Waals surface area contributed by atoms with Gasteiger partial charge in [-0.25, -0.2) is 13.1 Å². The van der Waals surface area contributed by atoms with Gasteiger partial charge in [-0.15, -0.1) is 0 Å². The maximum absolute atomic E-state index is 11.8. The van der Waals surface area contributed by atoms with Crippen molar-refractivity contribution in [3.8, 4) is 0 Å². The monoisotopic (exact) mass is 264 g/mol. The molecule has 17 heavy (non-hydrogen) atoms. The van der Waals surface area contributed by atoms with E-state index in [9.17, 15) is 8.42 Å². The number of rotatable bonds is 6. The summed E-state index contributed by atoms with van der Waals surface area (Å²) in [6.45, 7) is 5.62. The molecule has 1 fully saturated rings. The van der Waals surface area contributed by atoms with Crippen LogP contribution in [-0.2, 0) is 14.8 Å². The van der Waals surface area contributed by atoms with E-state index in [1.165, 1.54) is 7.11 Å². The van der Waals surface area contributed by atoms with E-state index < -0.39 is 10.0 Å². The fraction of sp³-hybridized carbons (Fsp3) is 1.00. The molecular weight excluding hydrogens is 240 g/mol. The van der Waals surface area contributed by atoms with Crippen molar-refractivity contribution in [3.05, 3.63) is 0 Å². The average Bonchev–Trinajstić information content (AvgIpc) is 2.28. The average molecular weight is 264 g/mol. The van der Waals surface area contributed by atoms with E-state index in [0.717, 1.165) is 25.9 Å². The van der Waals surface area contributed by atoms with Crippen LogP contribution in [0.4, 0.5) is 0 Å². The minimum Gasteiger partial charge on any atom is -0.381 e. The van der Waals surface area contributed by atoms with E-state index in [2.05, 4.69) is 10.0 Å². The van der Waals surface area contributed by atoms with Gasteiger partial charge in [0, 0.05) is 13.2 Å². The van der Waals surface area contributed by atoms with Crippen molar-refractivity contribution >= 4 is 10.0 Å². The van der Waals surface area contributed by atoms with Crippen LogP contribution >= 0.6 is 0 Å². The molecule has 0 aromatic heterocycles. The van der Waals surface area contributed by atoms with Crippen LogP contribution in [0.2, 0.25) is 0 Å². The highest BCUT2D eigenvalue weighted by Crippen LogP contribution is 2.15. The van der Waals surface area contributed by atoms with Crippen LogP contribution < -0.4 is 10.0 Å². The summed E-state index contributed by atoms with van der Waals surface area (Å²) in [6, 6.07) is -0.0168. The lowest BCUT2D eigenvalue weighted by Crippen LogP contribution is -2.46. The minimum atomic E-state index is -3.24. The van der Waals surface area contributed by atoms with Gasteiger partial charge in [-0.2, -0.15) is 0 Å². The van der Waals surface area contributed by atoms with Crippen LogP contribution in [0.5, 0.6) is 0 Å². The highest BCUT2D eigenvalue weighted by molar-refractivity contribution is 7.89. The van der Waals surface area contributed by atoms with Crippen LogP contribution in [0.15, 0.2) is 0 Å². The standard InChI is InChI=1S/C11H24N2O3S/c1-9(16-3)8-17(14,15)13-10(2)11-5-4-6-12-7-11/h9-13H,4-8H2,1-3H3. The van der Waals surface area contributed by atoms with Crippen LogP contribution in [0, 0.1) is 5.92 Å². The lowest BCUT2D eigenvalue weighted by atomic mass is 9.94. The molecule has 1 heterocycles. The van der Waals surface area contributed by atoms with Gasteiger partial charge in [0.1, 0.15) is 0 Å². The molecule has 0 saturated carbocycles. The van der Waals surface area contributed by atoms with Crippen LogP contribution in [0.1, 0.15) is 26.7 Å². The number of ether oxygens (including phenoxy) is 1. The summed E-state index contributed by atoms with van der Waals surface area (Å²) in [4.78, 5) is 0. The van der Waals surface area contributed by atoms with Crippen molar-refractivity contribution < 1.29 is 13.2 Å². The Morgan fingerprint density at radius 2 is 2.18 bits per heavy atom. The third kappa shape index (κ3) is 5.33. The largest absolute Gasteiger partial charge is 0.381 e. The van der Waals surface area contributed by atoms with Gasteiger partial charge in [0.05, 0.1) is 11.9 Å². The summed E-state index contributed by atoms with van der Waals surface area (Å²) >= 11 is 0. The van der Waals surface area contributed by atoms with Crippen molar-refractivity contribution in [2.24, 2.45) is 5.92 Å². The van der Waals surface area contributed by atoms with Gasteiger partial charge in [0.2, 0.25) is 10.0 Å². The zero-order valence-corrected chi connectivity index (χ0v) is 11.7. The van der Waals surface area contributed by atoms with E-state index in [1.54, 1.807) is 6.92 Å². The quantitative estimate of drug-likeness (QED) is 0.725. The highest BCUT2D eigenvalue weighted by atomic mass is 32.2. The number of nitrogens with one attached hydrogen (secondary N) is 2. The zero-order valence-electron chi connectivity index (χ0n) is 10.9.